The highest BCUT2D eigenvalue weighted by Crippen LogP contribution is 2.31. The van der Waals surface area contributed by atoms with Crippen LogP contribution in [0.25, 0.3) is 39.7 Å². The third-order valence-electron chi connectivity index (χ3n) is 5.25. The van der Waals surface area contributed by atoms with Gasteiger partial charge in [0.2, 0.25) is 5.91 Å². The van der Waals surface area contributed by atoms with E-state index >= 15 is 0 Å². The van der Waals surface area contributed by atoms with E-state index in [1.807, 2.05) is 61.5 Å². The molecule has 33 heavy (non-hydrogen) atoms. The number of aryl methyl sites for hydroxylation is 1. The fraction of sp³-hybridized carbons (Fsp3) is 0.0400. The van der Waals surface area contributed by atoms with Gasteiger partial charge in [0.05, 0.1) is 16.9 Å². The zero-order valence-electron chi connectivity index (χ0n) is 17.8. The van der Waals surface area contributed by atoms with E-state index < -0.39 is 5.91 Å². The molecule has 160 valence electrons. The number of rotatable bonds is 5. The molecule has 8 heteroatoms. The van der Waals surface area contributed by atoms with Crippen LogP contribution in [0.1, 0.15) is 15.9 Å². The summed E-state index contributed by atoms with van der Waals surface area (Å²) in [5.74, 6) is 0.572. The smallest absolute Gasteiger partial charge is 0.248 e. The molecular weight excluding hydrogens is 414 g/mol. The van der Waals surface area contributed by atoms with Gasteiger partial charge in [-0.15, -0.1) is 5.10 Å². The Morgan fingerprint density at radius 3 is 2.27 bits per heavy atom. The number of hydrogen-bond donors (Lipinski definition) is 1. The van der Waals surface area contributed by atoms with Crippen LogP contribution in [-0.4, -0.2) is 36.1 Å². The topological polar surface area (TPSA) is 112 Å². The standard InChI is InChI=1S/C25H19N7O/c1-16-7-9-17(10-8-16)22-21(25-29-30-31-32(25)20-5-3-2-4-6-20)15-27-24(28-22)19-13-11-18(12-14-19)23(26)33/h2-15H,1H3,(H2,26,33). The number of nitrogens with zero attached hydrogens (tertiary/aromatic N) is 6. The second kappa shape index (κ2) is 8.43. The Morgan fingerprint density at radius 2 is 1.58 bits per heavy atom. The van der Waals surface area contributed by atoms with E-state index in [1.54, 1.807) is 35.1 Å². The van der Waals surface area contributed by atoms with Crippen molar-refractivity contribution in [1.29, 1.82) is 0 Å². The maximum Gasteiger partial charge on any atom is 0.248 e. The number of hydrogen-bond acceptors (Lipinski definition) is 6. The molecule has 1 amide bonds. The fourth-order valence-corrected chi connectivity index (χ4v) is 3.50. The number of aromatic nitrogens is 6. The summed E-state index contributed by atoms with van der Waals surface area (Å²) in [6.07, 6.45) is 1.73. The minimum atomic E-state index is -0.481. The number of nitrogens with two attached hydrogens (primary N) is 1. The van der Waals surface area contributed by atoms with Crippen LogP contribution in [0.3, 0.4) is 0 Å². The number of carbonyl (C=O) groups excluding carboxylic acids is 1. The molecule has 0 unspecified atom stereocenters. The molecular formula is C25H19N7O. The van der Waals surface area contributed by atoms with Crippen LogP contribution in [0.15, 0.2) is 85.1 Å². The van der Waals surface area contributed by atoms with Gasteiger partial charge in [-0.2, -0.15) is 4.68 Å². The van der Waals surface area contributed by atoms with Crippen molar-refractivity contribution in [2.24, 2.45) is 5.73 Å². The van der Waals surface area contributed by atoms with E-state index in [1.165, 1.54) is 0 Å². The summed E-state index contributed by atoms with van der Waals surface area (Å²) in [6, 6.07) is 24.6. The number of tetrazole rings is 1. The predicted octanol–water partition coefficient (Wildman–Crippen LogP) is 3.86. The van der Waals surface area contributed by atoms with Gasteiger partial charge in [0, 0.05) is 22.9 Å². The average Bonchev–Trinajstić information content (AvgIpc) is 3.35. The SMILES string of the molecule is Cc1ccc(-c2nc(-c3ccc(C(N)=O)cc3)ncc2-c2nnnn2-c2ccccc2)cc1. The van der Waals surface area contributed by atoms with Gasteiger partial charge in [0.25, 0.3) is 0 Å². The van der Waals surface area contributed by atoms with E-state index in [0.717, 1.165) is 22.4 Å². The third-order valence-corrected chi connectivity index (χ3v) is 5.25. The lowest BCUT2D eigenvalue weighted by molar-refractivity contribution is 0.100. The van der Waals surface area contributed by atoms with Gasteiger partial charge in [-0.3, -0.25) is 4.79 Å². The molecule has 0 aliphatic rings. The van der Waals surface area contributed by atoms with Gasteiger partial charge >= 0.3 is 0 Å². The van der Waals surface area contributed by atoms with Gasteiger partial charge in [0.15, 0.2) is 11.6 Å². The summed E-state index contributed by atoms with van der Waals surface area (Å²) in [4.78, 5) is 20.9. The Bertz CT molecular complexity index is 1430. The van der Waals surface area contributed by atoms with E-state index in [2.05, 4.69) is 20.5 Å². The first-order valence-corrected chi connectivity index (χ1v) is 10.3. The van der Waals surface area contributed by atoms with Crippen LogP contribution in [-0.2, 0) is 0 Å². The number of primary amides is 1. The van der Waals surface area contributed by atoms with Crippen LogP contribution >= 0.6 is 0 Å². The molecule has 3 aromatic carbocycles. The Kier molecular flexibility index (Phi) is 5.16. The molecule has 0 aliphatic heterocycles. The Labute approximate surface area is 189 Å². The average molecular weight is 433 g/mol. The van der Waals surface area contributed by atoms with E-state index in [-0.39, 0.29) is 0 Å². The second-order valence-electron chi connectivity index (χ2n) is 7.51. The number of carbonyl (C=O) groups is 1. The highest BCUT2D eigenvalue weighted by Gasteiger charge is 2.19. The molecule has 0 atom stereocenters. The van der Waals surface area contributed by atoms with Gasteiger partial charge in [-0.1, -0.05) is 60.2 Å². The van der Waals surface area contributed by atoms with E-state index in [9.17, 15) is 4.79 Å². The number of amides is 1. The summed E-state index contributed by atoms with van der Waals surface area (Å²) >= 11 is 0. The first kappa shape index (κ1) is 20.2. The molecule has 0 saturated carbocycles. The highest BCUT2D eigenvalue weighted by atomic mass is 16.1. The molecule has 0 fully saturated rings. The van der Waals surface area contributed by atoms with Crippen molar-refractivity contribution >= 4 is 5.91 Å². The molecule has 5 aromatic rings. The van der Waals surface area contributed by atoms with Gasteiger partial charge in [-0.05, 0) is 41.6 Å². The molecule has 2 aromatic heterocycles. The van der Waals surface area contributed by atoms with Crippen LogP contribution in [0.4, 0.5) is 0 Å². The third kappa shape index (κ3) is 3.97. The fourth-order valence-electron chi connectivity index (χ4n) is 3.50. The maximum atomic E-state index is 11.4. The summed E-state index contributed by atoms with van der Waals surface area (Å²) in [7, 11) is 0. The van der Waals surface area contributed by atoms with Crippen molar-refractivity contribution in [1.82, 2.24) is 30.2 Å². The summed E-state index contributed by atoms with van der Waals surface area (Å²) in [5, 5.41) is 12.3. The summed E-state index contributed by atoms with van der Waals surface area (Å²) < 4.78 is 1.66. The van der Waals surface area contributed by atoms with Gasteiger partial charge in [-0.25, -0.2) is 9.97 Å². The molecule has 0 spiro atoms. The van der Waals surface area contributed by atoms with Gasteiger partial charge < -0.3 is 5.73 Å². The first-order chi connectivity index (χ1) is 16.1. The van der Waals surface area contributed by atoms with Crippen molar-refractivity contribution in [2.45, 2.75) is 6.92 Å². The van der Waals surface area contributed by atoms with Crippen LogP contribution in [0.2, 0.25) is 0 Å². The molecule has 5 rings (SSSR count). The zero-order chi connectivity index (χ0) is 22.8. The summed E-state index contributed by atoms with van der Waals surface area (Å²) in [6.45, 7) is 2.03. The van der Waals surface area contributed by atoms with Crippen LogP contribution in [0.5, 0.6) is 0 Å². The minimum Gasteiger partial charge on any atom is -0.366 e. The largest absolute Gasteiger partial charge is 0.366 e. The molecule has 2 heterocycles. The lowest BCUT2D eigenvalue weighted by Gasteiger charge is -2.11. The number of benzene rings is 3. The zero-order valence-corrected chi connectivity index (χ0v) is 17.8. The molecule has 2 N–H and O–H groups in total. The molecule has 8 nitrogen and oxygen atoms in total. The maximum absolute atomic E-state index is 11.4. The van der Waals surface area contributed by atoms with E-state index in [4.69, 9.17) is 10.7 Å². The minimum absolute atomic E-state index is 0.427. The van der Waals surface area contributed by atoms with Crippen LogP contribution < -0.4 is 5.73 Å². The quantitative estimate of drug-likeness (QED) is 0.450. The molecule has 0 aliphatic carbocycles. The van der Waals surface area contributed by atoms with Crippen molar-refractivity contribution < 1.29 is 4.79 Å². The Morgan fingerprint density at radius 1 is 0.879 bits per heavy atom. The van der Waals surface area contributed by atoms with Crippen molar-refractivity contribution in [2.75, 3.05) is 0 Å². The normalized spacial score (nSPS) is 10.8. The first-order valence-electron chi connectivity index (χ1n) is 10.3. The Balaban J connectivity index is 1.67. The molecule has 0 saturated heterocycles. The monoisotopic (exact) mass is 433 g/mol. The van der Waals surface area contributed by atoms with Crippen molar-refractivity contribution in [3.8, 4) is 39.7 Å². The van der Waals surface area contributed by atoms with Crippen molar-refractivity contribution in [3.63, 3.8) is 0 Å². The molecule has 0 radical (unpaired) electrons. The van der Waals surface area contributed by atoms with E-state index in [0.29, 0.717) is 28.5 Å². The van der Waals surface area contributed by atoms with Gasteiger partial charge in [0.1, 0.15) is 0 Å². The number of para-hydroxylation sites is 1. The summed E-state index contributed by atoms with van der Waals surface area (Å²) in [5.41, 5.74) is 10.8. The Hall–Kier alpha value is -4.72. The van der Waals surface area contributed by atoms with Crippen molar-refractivity contribution in [3.05, 3.63) is 96.2 Å². The van der Waals surface area contributed by atoms with Crippen LogP contribution in [0, 0.1) is 6.92 Å². The lowest BCUT2D eigenvalue weighted by Crippen LogP contribution is -2.10. The highest BCUT2D eigenvalue weighted by molar-refractivity contribution is 5.93. The second-order valence-corrected chi connectivity index (χ2v) is 7.51. The molecule has 0 bridgehead atoms. The lowest BCUT2D eigenvalue weighted by atomic mass is 10.0. The predicted molar refractivity (Wildman–Crippen MR) is 124 cm³/mol.